The van der Waals surface area contributed by atoms with Crippen molar-refractivity contribution < 1.29 is 13.2 Å². The van der Waals surface area contributed by atoms with E-state index in [0.29, 0.717) is 0 Å². The molecule has 0 bridgehead atoms. The number of amides is 1. The van der Waals surface area contributed by atoms with Crippen LogP contribution in [0.3, 0.4) is 0 Å². The molecule has 1 aromatic rings. The maximum atomic E-state index is 12.6. The Morgan fingerprint density at radius 2 is 1.75 bits per heavy atom. The van der Waals surface area contributed by atoms with Gasteiger partial charge in [-0.3, -0.25) is 4.79 Å². The second-order valence-corrected chi connectivity index (χ2v) is 7.82. The van der Waals surface area contributed by atoms with Crippen molar-refractivity contribution in [2.45, 2.75) is 43.9 Å². The van der Waals surface area contributed by atoms with Crippen LogP contribution in [0.15, 0.2) is 30.3 Å². The van der Waals surface area contributed by atoms with Crippen LogP contribution in [0, 0.1) is 0 Å². The van der Waals surface area contributed by atoms with Crippen LogP contribution in [0.2, 0.25) is 0 Å². The predicted molar refractivity (Wildman–Crippen MR) is 80.5 cm³/mol. The number of hydrogen-bond acceptors (Lipinski definition) is 3. The molecular formula is C15H21NO3S. The third kappa shape index (κ3) is 3.20. The molecule has 1 unspecified atom stereocenters. The van der Waals surface area contributed by atoms with Crippen molar-refractivity contribution in [3.05, 3.63) is 30.3 Å². The van der Waals surface area contributed by atoms with E-state index in [2.05, 4.69) is 0 Å². The molecule has 2 rings (SSSR count). The second kappa shape index (κ2) is 5.95. The molecule has 1 atom stereocenters. The molecule has 0 aliphatic heterocycles. The topological polar surface area (TPSA) is 54.5 Å². The summed E-state index contributed by atoms with van der Waals surface area (Å²) in [6, 6.07) is 9.48. The maximum absolute atomic E-state index is 12.6. The minimum Gasteiger partial charge on any atom is -0.308 e. The zero-order valence-electron chi connectivity index (χ0n) is 12.0. The highest BCUT2D eigenvalue weighted by Gasteiger charge is 2.34. The lowest BCUT2D eigenvalue weighted by atomic mass is 10.1. The fraction of sp³-hybridized carbons (Fsp3) is 0.533. The average molecular weight is 295 g/mol. The Bertz CT molecular complexity index is 562. The predicted octanol–water partition coefficient (Wildman–Crippen LogP) is 2.40. The molecule has 0 N–H and O–H groups in total. The molecule has 1 saturated carbocycles. The van der Waals surface area contributed by atoms with Crippen LogP contribution >= 0.6 is 0 Å². The zero-order chi connectivity index (χ0) is 14.8. The molecule has 110 valence electrons. The Morgan fingerprint density at radius 3 is 2.25 bits per heavy atom. The average Bonchev–Trinajstić information content (AvgIpc) is 2.92. The first-order chi connectivity index (χ1) is 9.41. The van der Waals surface area contributed by atoms with Gasteiger partial charge in [0.05, 0.1) is 0 Å². The lowest BCUT2D eigenvalue weighted by Crippen LogP contribution is -2.46. The maximum Gasteiger partial charge on any atom is 0.245 e. The van der Waals surface area contributed by atoms with E-state index in [1.54, 1.807) is 4.90 Å². The molecule has 1 fully saturated rings. The van der Waals surface area contributed by atoms with Gasteiger partial charge < -0.3 is 4.90 Å². The lowest BCUT2D eigenvalue weighted by Gasteiger charge is -2.31. The summed E-state index contributed by atoms with van der Waals surface area (Å²) in [5, 5.41) is -0.997. The Kier molecular flexibility index (Phi) is 4.48. The summed E-state index contributed by atoms with van der Waals surface area (Å²) in [6.45, 7) is 1.47. The van der Waals surface area contributed by atoms with Gasteiger partial charge in [0.15, 0.2) is 9.84 Å². The molecule has 0 spiro atoms. The van der Waals surface area contributed by atoms with E-state index in [-0.39, 0.29) is 11.9 Å². The van der Waals surface area contributed by atoms with E-state index >= 15 is 0 Å². The number of anilines is 1. The summed E-state index contributed by atoms with van der Waals surface area (Å²) >= 11 is 0. The number of sulfone groups is 1. The first-order valence-electron chi connectivity index (χ1n) is 6.98. The fourth-order valence-corrected chi connectivity index (χ4v) is 3.13. The molecule has 1 aromatic carbocycles. The van der Waals surface area contributed by atoms with Gasteiger partial charge in [0, 0.05) is 18.0 Å². The van der Waals surface area contributed by atoms with Crippen molar-refractivity contribution in [3.63, 3.8) is 0 Å². The fourth-order valence-electron chi connectivity index (χ4n) is 2.65. The van der Waals surface area contributed by atoms with Gasteiger partial charge in [-0.05, 0) is 31.9 Å². The van der Waals surface area contributed by atoms with Gasteiger partial charge in [-0.15, -0.1) is 0 Å². The smallest absolute Gasteiger partial charge is 0.245 e. The molecule has 0 heterocycles. The molecule has 1 aliphatic rings. The molecular weight excluding hydrogens is 274 g/mol. The first-order valence-corrected chi connectivity index (χ1v) is 8.93. The second-order valence-electron chi connectivity index (χ2n) is 5.45. The summed E-state index contributed by atoms with van der Waals surface area (Å²) in [5.74, 6) is -0.314. The molecule has 0 saturated heterocycles. The van der Waals surface area contributed by atoms with Gasteiger partial charge in [0.25, 0.3) is 0 Å². The van der Waals surface area contributed by atoms with Crippen molar-refractivity contribution in [2.24, 2.45) is 0 Å². The summed E-state index contributed by atoms with van der Waals surface area (Å²) in [5.41, 5.74) is 0.792. The van der Waals surface area contributed by atoms with E-state index in [1.807, 2.05) is 30.3 Å². The highest BCUT2D eigenvalue weighted by Crippen LogP contribution is 2.29. The molecule has 0 radical (unpaired) electrons. The minimum absolute atomic E-state index is 0.120. The Hall–Kier alpha value is -1.36. The van der Waals surface area contributed by atoms with Gasteiger partial charge in [0.2, 0.25) is 5.91 Å². The van der Waals surface area contributed by atoms with E-state index in [9.17, 15) is 13.2 Å². The van der Waals surface area contributed by atoms with Crippen molar-refractivity contribution >= 4 is 21.4 Å². The molecule has 0 aromatic heterocycles. The normalized spacial score (nSPS) is 17.9. The Labute approximate surface area is 120 Å². The van der Waals surface area contributed by atoms with E-state index in [1.165, 1.54) is 6.92 Å². The van der Waals surface area contributed by atoms with Crippen LogP contribution in [0.4, 0.5) is 5.69 Å². The van der Waals surface area contributed by atoms with Gasteiger partial charge >= 0.3 is 0 Å². The molecule has 4 nitrogen and oxygen atoms in total. The van der Waals surface area contributed by atoms with Gasteiger partial charge in [-0.1, -0.05) is 31.0 Å². The van der Waals surface area contributed by atoms with Gasteiger partial charge in [-0.25, -0.2) is 8.42 Å². The highest BCUT2D eigenvalue weighted by atomic mass is 32.2. The van der Waals surface area contributed by atoms with Crippen molar-refractivity contribution in [1.82, 2.24) is 0 Å². The van der Waals surface area contributed by atoms with Crippen molar-refractivity contribution in [1.29, 1.82) is 0 Å². The SMILES string of the molecule is CC(C(=O)N(c1ccccc1)C1CCCC1)S(C)(=O)=O. The number of para-hydroxylation sites is 1. The summed E-state index contributed by atoms with van der Waals surface area (Å²) in [4.78, 5) is 14.3. The number of hydrogen-bond donors (Lipinski definition) is 0. The lowest BCUT2D eigenvalue weighted by molar-refractivity contribution is -0.118. The van der Waals surface area contributed by atoms with Crippen LogP contribution in [0.1, 0.15) is 32.6 Å². The van der Waals surface area contributed by atoms with Gasteiger partial charge in [0.1, 0.15) is 5.25 Å². The third-order valence-electron chi connectivity index (χ3n) is 3.95. The molecule has 1 amide bonds. The monoisotopic (exact) mass is 295 g/mol. The standard InChI is InChI=1S/C15H21NO3S/c1-12(20(2,18)19)15(17)16(14-10-6-7-11-14)13-8-4-3-5-9-13/h3-5,8-9,12,14H,6-7,10-11H2,1-2H3. The quantitative estimate of drug-likeness (QED) is 0.857. The molecule has 5 heteroatoms. The zero-order valence-corrected chi connectivity index (χ0v) is 12.8. The third-order valence-corrected chi connectivity index (χ3v) is 5.44. The Balaban J connectivity index is 2.34. The number of nitrogens with zero attached hydrogens (tertiary/aromatic N) is 1. The number of rotatable bonds is 4. The van der Waals surface area contributed by atoms with E-state index in [0.717, 1.165) is 37.6 Å². The number of carbonyl (C=O) groups is 1. The van der Waals surface area contributed by atoms with Crippen LogP contribution < -0.4 is 4.90 Å². The van der Waals surface area contributed by atoms with Crippen LogP contribution in [-0.4, -0.2) is 31.9 Å². The van der Waals surface area contributed by atoms with E-state index < -0.39 is 15.1 Å². The number of carbonyl (C=O) groups excluding carboxylic acids is 1. The van der Waals surface area contributed by atoms with E-state index in [4.69, 9.17) is 0 Å². The van der Waals surface area contributed by atoms with Crippen LogP contribution in [0.5, 0.6) is 0 Å². The Morgan fingerprint density at radius 1 is 1.20 bits per heavy atom. The summed E-state index contributed by atoms with van der Waals surface area (Å²) < 4.78 is 23.4. The minimum atomic E-state index is -3.38. The highest BCUT2D eigenvalue weighted by molar-refractivity contribution is 7.92. The van der Waals surface area contributed by atoms with Crippen molar-refractivity contribution in [3.8, 4) is 0 Å². The summed E-state index contributed by atoms with van der Waals surface area (Å²) in [7, 11) is -3.38. The largest absolute Gasteiger partial charge is 0.308 e. The van der Waals surface area contributed by atoms with Crippen LogP contribution in [-0.2, 0) is 14.6 Å². The molecule has 20 heavy (non-hydrogen) atoms. The van der Waals surface area contributed by atoms with Gasteiger partial charge in [-0.2, -0.15) is 0 Å². The summed E-state index contributed by atoms with van der Waals surface area (Å²) in [6.07, 6.45) is 5.19. The van der Waals surface area contributed by atoms with Crippen molar-refractivity contribution in [2.75, 3.05) is 11.2 Å². The first kappa shape index (κ1) is 15.0. The molecule has 1 aliphatic carbocycles. The number of benzene rings is 1. The van der Waals surface area contributed by atoms with Crippen LogP contribution in [0.25, 0.3) is 0 Å².